The van der Waals surface area contributed by atoms with Crippen LogP contribution in [0.3, 0.4) is 0 Å². The number of nitro groups is 1. The van der Waals surface area contributed by atoms with Crippen LogP contribution in [0.25, 0.3) is 11.8 Å². The van der Waals surface area contributed by atoms with Gasteiger partial charge in [0, 0.05) is 11.6 Å². The molecule has 6 heteroatoms. The van der Waals surface area contributed by atoms with Gasteiger partial charge >= 0.3 is 5.97 Å². The maximum Gasteiger partial charge on any atom is 0.344 e. The van der Waals surface area contributed by atoms with E-state index in [1.54, 1.807) is 36.4 Å². The summed E-state index contributed by atoms with van der Waals surface area (Å²) in [4.78, 5) is 22.0. The fourth-order valence-electron chi connectivity index (χ4n) is 2.10. The number of cyclic esters (lactones) is 1. The number of nitro benzene ring substituents is 1. The Morgan fingerprint density at radius 3 is 2.57 bits per heavy atom. The topological polar surface area (TPSA) is 69.4 Å². The number of halogens is 1. The maximum atomic E-state index is 11.7. The van der Waals surface area contributed by atoms with Gasteiger partial charge in [0.25, 0.3) is 5.69 Å². The molecule has 0 aromatic heterocycles. The first-order chi connectivity index (χ1) is 10.1. The summed E-state index contributed by atoms with van der Waals surface area (Å²) in [7, 11) is 0. The van der Waals surface area contributed by atoms with Crippen molar-refractivity contribution in [2.45, 2.75) is 0 Å². The molecule has 1 aliphatic heterocycles. The Labute approximate surface area is 124 Å². The zero-order valence-electron chi connectivity index (χ0n) is 10.6. The SMILES string of the molecule is O=C1O/C(=C\c2ccc(Cl)c([N+](=O)[O-])c2)c2ccccc21. The Morgan fingerprint density at radius 1 is 1.14 bits per heavy atom. The molecule has 0 N–H and O–H groups in total. The average Bonchev–Trinajstić information content (AvgIpc) is 2.78. The van der Waals surface area contributed by atoms with E-state index in [0.717, 1.165) is 0 Å². The lowest BCUT2D eigenvalue weighted by atomic mass is 10.1. The minimum atomic E-state index is -0.557. The Morgan fingerprint density at radius 2 is 1.86 bits per heavy atom. The fourth-order valence-corrected chi connectivity index (χ4v) is 2.29. The van der Waals surface area contributed by atoms with E-state index >= 15 is 0 Å². The van der Waals surface area contributed by atoms with Crippen molar-refractivity contribution in [1.29, 1.82) is 0 Å². The van der Waals surface area contributed by atoms with E-state index in [1.165, 1.54) is 12.1 Å². The van der Waals surface area contributed by atoms with Crippen molar-refractivity contribution in [2.24, 2.45) is 0 Å². The molecule has 0 radical (unpaired) electrons. The second-order valence-corrected chi connectivity index (χ2v) is 4.82. The van der Waals surface area contributed by atoms with Crippen LogP contribution in [0, 0.1) is 10.1 Å². The zero-order chi connectivity index (χ0) is 15.0. The molecule has 2 aromatic carbocycles. The predicted octanol–water partition coefficient (Wildman–Crippen LogP) is 3.92. The van der Waals surface area contributed by atoms with Gasteiger partial charge in [-0.15, -0.1) is 0 Å². The van der Waals surface area contributed by atoms with Gasteiger partial charge in [-0.25, -0.2) is 4.79 Å². The average molecular weight is 302 g/mol. The standard InChI is InChI=1S/C15H8ClNO4/c16-12-6-5-9(7-13(12)17(19)20)8-14-10-3-1-2-4-11(10)15(18)21-14/h1-8H/b14-8-. The van der Waals surface area contributed by atoms with Crippen LogP contribution in [-0.2, 0) is 4.74 Å². The summed E-state index contributed by atoms with van der Waals surface area (Å²) in [6.07, 6.45) is 1.58. The molecule has 21 heavy (non-hydrogen) atoms. The summed E-state index contributed by atoms with van der Waals surface area (Å²) >= 11 is 5.76. The lowest BCUT2D eigenvalue weighted by Gasteiger charge is -2.00. The summed E-state index contributed by atoms with van der Waals surface area (Å²) in [6, 6.07) is 11.4. The van der Waals surface area contributed by atoms with Crippen LogP contribution in [0.15, 0.2) is 42.5 Å². The number of esters is 1. The van der Waals surface area contributed by atoms with Crippen LogP contribution in [0.5, 0.6) is 0 Å². The molecule has 1 heterocycles. The van der Waals surface area contributed by atoms with Gasteiger partial charge in [0.15, 0.2) is 0 Å². The van der Waals surface area contributed by atoms with Crippen LogP contribution >= 0.6 is 11.6 Å². The zero-order valence-corrected chi connectivity index (χ0v) is 11.3. The predicted molar refractivity (Wildman–Crippen MR) is 77.8 cm³/mol. The smallest absolute Gasteiger partial charge is 0.344 e. The molecule has 2 aromatic rings. The highest BCUT2D eigenvalue weighted by atomic mass is 35.5. The maximum absolute atomic E-state index is 11.7. The lowest BCUT2D eigenvalue weighted by molar-refractivity contribution is -0.384. The largest absolute Gasteiger partial charge is 0.422 e. The summed E-state index contributed by atoms with van der Waals surface area (Å²) in [5.74, 6) is -0.0625. The second kappa shape index (κ2) is 5.03. The van der Waals surface area contributed by atoms with Crippen LogP contribution in [0.2, 0.25) is 5.02 Å². The van der Waals surface area contributed by atoms with Gasteiger partial charge in [0.05, 0.1) is 10.5 Å². The Kier molecular flexibility index (Phi) is 3.19. The number of fused-ring (bicyclic) bond motifs is 1. The molecule has 0 aliphatic carbocycles. The highest BCUT2D eigenvalue weighted by molar-refractivity contribution is 6.32. The third-order valence-electron chi connectivity index (χ3n) is 3.08. The molecule has 0 bridgehead atoms. The molecule has 3 rings (SSSR count). The molecule has 0 saturated carbocycles. The monoisotopic (exact) mass is 301 g/mol. The highest BCUT2D eigenvalue weighted by Gasteiger charge is 2.25. The van der Waals surface area contributed by atoms with Crippen molar-refractivity contribution in [3.8, 4) is 0 Å². The normalized spacial score (nSPS) is 14.9. The number of ether oxygens (including phenoxy) is 1. The van der Waals surface area contributed by atoms with Crippen molar-refractivity contribution in [3.63, 3.8) is 0 Å². The van der Waals surface area contributed by atoms with Crippen molar-refractivity contribution in [2.75, 3.05) is 0 Å². The van der Waals surface area contributed by atoms with Gasteiger partial charge in [-0.1, -0.05) is 35.9 Å². The molecule has 0 spiro atoms. The number of carbonyl (C=O) groups excluding carboxylic acids is 1. The van der Waals surface area contributed by atoms with E-state index < -0.39 is 10.9 Å². The summed E-state index contributed by atoms with van der Waals surface area (Å²) in [5, 5.41) is 10.9. The van der Waals surface area contributed by atoms with Gasteiger partial charge in [-0.3, -0.25) is 10.1 Å². The van der Waals surface area contributed by atoms with Crippen LogP contribution in [-0.4, -0.2) is 10.9 Å². The van der Waals surface area contributed by atoms with Gasteiger partial charge in [-0.2, -0.15) is 0 Å². The van der Waals surface area contributed by atoms with E-state index in [0.29, 0.717) is 22.4 Å². The number of benzene rings is 2. The summed E-state index contributed by atoms with van der Waals surface area (Å²) in [6.45, 7) is 0. The second-order valence-electron chi connectivity index (χ2n) is 4.41. The number of nitrogens with zero attached hydrogens (tertiary/aromatic N) is 1. The molecule has 0 fully saturated rings. The minimum Gasteiger partial charge on any atom is -0.422 e. The van der Waals surface area contributed by atoms with Gasteiger partial charge in [0.2, 0.25) is 0 Å². The number of carbonyl (C=O) groups is 1. The number of hydrogen-bond acceptors (Lipinski definition) is 4. The molecule has 5 nitrogen and oxygen atoms in total. The minimum absolute atomic E-state index is 0.0611. The van der Waals surface area contributed by atoms with E-state index in [9.17, 15) is 14.9 Å². The Hall–Kier alpha value is -2.66. The lowest BCUT2D eigenvalue weighted by Crippen LogP contribution is -1.92. The first kappa shape index (κ1) is 13.3. The van der Waals surface area contributed by atoms with E-state index in [2.05, 4.69) is 0 Å². The number of rotatable bonds is 2. The first-order valence-electron chi connectivity index (χ1n) is 6.03. The molecule has 1 aliphatic rings. The van der Waals surface area contributed by atoms with E-state index in [-0.39, 0.29) is 10.7 Å². The molecular weight excluding hydrogens is 294 g/mol. The molecule has 0 atom stereocenters. The molecule has 104 valence electrons. The molecular formula is C15H8ClNO4. The van der Waals surface area contributed by atoms with E-state index in [1.807, 2.05) is 0 Å². The highest BCUT2D eigenvalue weighted by Crippen LogP contribution is 2.32. The van der Waals surface area contributed by atoms with Crippen LogP contribution in [0.1, 0.15) is 21.5 Å². The van der Waals surface area contributed by atoms with Crippen molar-refractivity contribution in [3.05, 3.63) is 74.3 Å². The van der Waals surface area contributed by atoms with Crippen LogP contribution < -0.4 is 0 Å². The molecule has 0 amide bonds. The van der Waals surface area contributed by atoms with Crippen molar-refractivity contribution >= 4 is 35.1 Å². The third kappa shape index (κ3) is 2.39. The van der Waals surface area contributed by atoms with Crippen molar-refractivity contribution < 1.29 is 14.5 Å². The van der Waals surface area contributed by atoms with Crippen molar-refractivity contribution in [1.82, 2.24) is 0 Å². The van der Waals surface area contributed by atoms with Crippen LogP contribution in [0.4, 0.5) is 5.69 Å². The van der Waals surface area contributed by atoms with Gasteiger partial charge < -0.3 is 4.74 Å². The third-order valence-corrected chi connectivity index (χ3v) is 3.40. The quantitative estimate of drug-likeness (QED) is 0.479. The van der Waals surface area contributed by atoms with Gasteiger partial charge in [0.1, 0.15) is 10.8 Å². The van der Waals surface area contributed by atoms with E-state index in [4.69, 9.17) is 16.3 Å². The first-order valence-corrected chi connectivity index (χ1v) is 6.41. The summed E-state index contributed by atoms with van der Waals surface area (Å²) in [5.41, 5.74) is 1.49. The molecule has 0 saturated heterocycles. The Bertz CT molecular complexity index is 798. The van der Waals surface area contributed by atoms with Gasteiger partial charge in [-0.05, 0) is 23.8 Å². The number of hydrogen-bond donors (Lipinski definition) is 0. The Balaban J connectivity index is 2.06. The molecule has 0 unspecified atom stereocenters. The summed E-state index contributed by atoms with van der Waals surface area (Å²) < 4.78 is 5.19. The fraction of sp³-hybridized carbons (Fsp3) is 0.